The smallest absolute Gasteiger partial charge is 0.0681 e. The van der Waals surface area contributed by atoms with Gasteiger partial charge in [0.05, 0.1) is 5.69 Å². The highest BCUT2D eigenvalue weighted by atomic mass is 15.3. The summed E-state index contributed by atoms with van der Waals surface area (Å²) >= 11 is 0. The number of hydrogen-bond donors (Lipinski definition) is 0. The second-order valence-corrected chi connectivity index (χ2v) is 3.18. The lowest BCUT2D eigenvalue weighted by atomic mass is 10.0. The van der Waals surface area contributed by atoms with E-state index >= 15 is 0 Å². The maximum absolute atomic E-state index is 4.40. The normalized spacial score (nSPS) is 10.7. The molecule has 1 rings (SSSR count). The summed E-state index contributed by atoms with van der Waals surface area (Å²) in [5.74, 6) is 0.594. The molecule has 1 aromatic heterocycles. The summed E-state index contributed by atoms with van der Waals surface area (Å²) < 4.78 is 1.89. The molecule has 0 fully saturated rings. The van der Waals surface area contributed by atoms with Gasteiger partial charge >= 0.3 is 0 Å². The van der Waals surface area contributed by atoms with Crippen molar-refractivity contribution in [2.24, 2.45) is 7.05 Å². The Hall–Kier alpha value is -0.790. The van der Waals surface area contributed by atoms with Crippen LogP contribution < -0.4 is 0 Å². The summed E-state index contributed by atoms with van der Waals surface area (Å²) in [6.07, 6.45) is 3.24. The van der Waals surface area contributed by atoms with Crippen molar-refractivity contribution in [1.82, 2.24) is 9.78 Å². The highest BCUT2D eigenvalue weighted by molar-refractivity contribution is 5.18. The van der Waals surface area contributed by atoms with Gasteiger partial charge in [0, 0.05) is 19.2 Å². The highest BCUT2D eigenvalue weighted by Crippen LogP contribution is 2.19. The second kappa shape index (κ2) is 9.75. The summed E-state index contributed by atoms with van der Waals surface area (Å²) in [5.41, 5.74) is 2.55. The summed E-state index contributed by atoms with van der Waals surface area (Å²) in [6.45, 7) is 14.5. The quantitative estimate of drug-likeness (QED) is 0.715. The zero-order valence-electron chi connectivity index (χ0n) is 11.8. The van der Waals surface area contributed by atoms with Gasteiger partial charge in [-0.2, -0.15) is 5.10 Å². The third-order valence-electron chi connectivity index (χ3n) is 2.13. The monoisotopic (exact) mass is 212 g/mol. The van der Waals surface area contributed by atoms with Crippen LogP contribution in [0.25, 0.3) is 0 Å². The lowest BCUT2D eigenvalue weighted by Gasteiger charge is -2.04. The number of aryl methyl sites for hydroxylation is 2. The van der Waals surface area contributed by atoms with Crippen molar-refractivity contribution in [2.75, 3.05) is 0 Å². The SMILES string of the molecule is CC.CC.CCC(C)c1nn(C)cc1C. The molecule has 0 aliphatic carbocycles. The molecule has 2 nitrogen and oxygen atoms in total. The number of rotatable bonds is 2. The molecular weight excluding hydrogens is 184 g/mol. The average Bonchev–Trinajstić information content (AvgIpc) is 2.62. The Labute approximate surface area is 95.7 Å². The van der Waals surface area contributed by atoms with Crippen LogP contribution in [0.2, 0.25) is 0 Å². The second-order valence-electron chi connectivity index (χ2n) is 3.18. The van der Waals surface area contributed by atoms with E-state index in [0.29, 0.717) is 5.92 Å². The predicted molar refractivity (Wildman–Crippen MR) is 69.3 cm³/mol. The average molecular weight is 212 g/mol. The first kappa shape index (κ1) is 16.6. The molecule has 1 aromatic rings. The van der Waals surface area contributed by atoms with Crippen LogP contribution >= 0.6 is 0 Å². The molecule has 0 spiro atoms. The largest absolute Gasteiger partial charge is 0.275 e. The Balaban J connectivity index is 0. The van der Waals surface area contributed by atoms with Gasteiger partial charge in [0.2, 0.25) is 0 Å². The molecule has 90 valence electrons. The molecule has 0 bridgehead atoms. The van der Waals surface area contributed by atoms with Crippen molar-refractivity contribution >= 4 is 0 Å². The first-order valence-corrected chi connectivity index (χ1v) is 6.15. The van der Waals surface area contributed by atoms with Crippen molar-refractivity contribution < 1.29 is 0 Å². The van der Waals surface area contributed by atoms with Crippen molar-refractivity contribution in [1.29, 1.82) is 0 Å². The van der Waals surface area contributed by atoms with E-state index in [1.54, 1.807) is 0 Å². The van der Waals surface area contributed by atoms with Crippen LogP contribution in [0.3, 0.4) is 0 Å². The van der Waals surface area contributed by atoms with Crippen LogP contribution in [-0.4, -0.2) is 9.78 Å². The van der Waals surface area contributed by atoms with Gasteiger partial charge in [-0.05, 0) is 18.9 Å². The number of aromatic nitrogens is 2. The number of hydrogen-bond acceptors (Lipinski definition) is 1. The van der Waals surface area contributed by atoms with Crippen LogP contribution in [0.4, 0.5) is 0 Å². The Morgan fingerprint density at radius 2 is 1.73 bits per heavy atom. The molecule has 0 saturated heterocycles. The Kier molecular flexibility index (Phi) is 10.8. The van der Waals surface area contributed by atoms with E-state index in [1.165, 1.54) is 11.3 Å². The van der Waals surface area contributed by atoms with Crippen LogP contribution in [0.15, 0.2) is 6.20 Å². The first-order chi connectivity index (χ1) is 7.15. The predicted octanol–water partition coefficient (Wildman–Crippen LogP) is 4.29. The summed E-state index contributed by atoms with van der Waals surface area (Å²) in [7, 11) is 1.97. The fraction of sp³-hybridized carbons (Fsp3) is 0.769. The Bertz CT molecular complexity index is 239. The van der Waals surface area contributed by atoms with Gasteiger partial charge in [0.15, 0.2) is 0 Å². The summed E-state index contributed by atoms with van der Waals surface area (Å²) in [5, 5.41) is 4.40. The standard InChI is InChI=1S/C9H16N2.2C2H6/c1-5-7(2)9-8(3)6-11(4)10-9;2*1-2/h6-7H,5H2,1-4H3;2*1-2H3. The molecule has 0 radical (unpaired) electrons. The Morgan fingerprint density at radius 3 is 2.00 bits per heavy atom. The van der Waals surface area contributed by atoms with Gasteiger partial charge in [-0.1, -0.05) is 41.5 Å². The van der Waals surface area contributed by atoms with E-state index in [0.717, 1.165) is 6.42 Å². The van der Waals surface area contributed by atoms with Crippen molar-refractivity contribution in [3.63, 3.8) is 0 Å². The van der Waals surface area contributed by atoms with E-state index in [2.05, 4.69) is 32.1 Å². The van der Waals surface area contributed by atoms with Crippen LogP contribution in [0, 0.1) is 6.92 Å². The van der Waals surface area contributed by atoms with E-state index < -0.39 is 0 Å². The first-order valence-electron chi connectivity index (χ1n) is 6.15. The minimum atomic E-state index is 0.594. The van der Waals surface area contributed by atoms with E-state index in [9.17, 15) is 0 Å². The molecule has 1 heterocycles. The highest BCUT2D eigenvalue weighted by Gasteiger charge is 2.09. The molecular formula is C13H28N2. The fourth-order valence-corrected chi connectivity index (χ4v) is 1.30. The molecule has 0 aromatic carbocycles. The van der Waals surface area contributed by atoms with Crippen LogP contribution in [0.1, 0.15) is 65.1 Å². The van der Waals surface area contributed by atoms with Crippen LogP contribution in [0.5, 0.6) is 0 Å². The zero-order chi connectivity index (χ0) is 12.4. The molecule has 0 aliphatic rings. The van der Waals surface area contributed by atoms with Gasteiger partial charge in [-0.25, -0.2) is 0 Å². The lowest BCUT2D eigenvalue weighted by molar-refractivity contribution is 0.664. The van der Waals surface area contributed by atoms with E-state index in [4.69, 9.17) is 0 Å². The molecule has 0 N–H and O–H groups in total. The number of nitrogens with zero attached hydrogens (tertiary/aromatic N) is 2. The van der Waals surface area contributed by atoms with Gasteiger partial charge in [0.1, 0.15) is 0 Å². The Morgan fingerprint density at radius 1 is 1.27 bits per heavy atom. The topological polar surface area (TPSA) is 17.8 Å². The third kappa shape index (κ3) is 5.60. The minimum Gasteiger partial charge on any atom is -0.275 e. The van der Waals surface area contributed by atoms with Gasteiger partial charge in [-0.15, -0.1) is 0 Å². The molecule has 2 heteroatoms. The lowest BCUT2D eigenvalue weighted by Crippen LogP contribution is -1.96. The van der Waals surface area contributed by atoms with Crippen LogP contribution in [-0.2, 0) is 7.05 Å². The molecule has 1 unspecified atom stereocenters. The van der Waals surface area contributed by atoms with E-state index in [-0.39, 0.29) is 0 Å². The van der Waals surface area contributed by atoms with Gasteiger partial charge in [0.25, 0.3) is 0 Å². The van der Waals surface area contributed by atoms with Crippen molar-refractivity contribution in [3.8, 4) is 0 Å². The van der Waals surface area contributed by atoms with Crippen molar-refractivity contribution in [3.05, 3.63) is 17.5 Å². The maximum atomic E-state index is 4.40. The molecule has 0 aliphatic heterocycles. The molecule has 0 amide bonds. The molecule has 1 atom stereocenters. The molecule has 0 saturated carbocycles. The summed E-state index contributed by atoms with van der Waals surface area (Å²) in [4.78, 5) is 0. The third-order valence-corrected chi connectivity index (χ3v) is 2.13. The maximum Gasteiger partial charge on any atom is 0.0681 e. The van der Waals surface area contributed by atoms with E-state index in [1.807, 2.05) is 39.4 Å². The zero-order valence-corrected chi connectivity index (χ0v) is 11.8. The van der Waals surface area contributed by atoms with Gasteiger partial charge in [-0.3, -0.25) is 4.68 Å². The van der Waals surface area contributed by atoms with Gasteiger partial charge < -0.3 is 0 Å². The van der Waals surface area contributed by atoms with Crippen molar-refractivity contribution in [2.45, 2.75) is 60.8 Å². The fourth-order valence-electron chi connectivity index (χ4n) is 1.30. The minimum absolute atomic E-state index is 0.594. The summed E-state index contributed by atoms with van der Waals surface area (Å²) in [6, 6.07) is 0. The molecule has 15 heavy (non-hydrogen) atoms.